The molecule has 4 nitrogen and oxygen atoms in total. The van der Waals surface area contributed by atoms with E-state index in [9.17, 15) is 10.0 Å². The van der Waals surface area contributed by atoms with Crippen molar-refractivity contribution < 1.29 is 14.7 Å². The fraction of sp³-hybridized carbons (Fsp3) is 0.562. The molecule has 20 heavy (non-hydrogen) atoms. The van der Waals surface area contributed by atoms with E-state index >= 15 is 0 Å². The van der Waals surface area contributed by atoms with E-state index in [0.29, 0.717) is 5.75 Å². The first kappa shape index (κ1) is 16.7. The van der Waals surface area contributed by atoms with Crippen molar-refractivity contribution in [1.29, 1.82) is 0 Å². The smallest absolute Gasteiger partial charge is 0.157 e. The molecule has 1 N–H and O–H groups in total. The monoisotopic (exact) mass is 279 g/mol. The number of hydroxylamine groups is 2. The molecule has 1 aromatic carbocycles. The first-order valence-electron chi connectivity index (χ1n) is 7.02. The molecule has 112 valence electrons. The third-order valence-electron chi connectivity index (χ3n) is 3.69. The number of hydrogen-bond acceptors (Lipinski definition) is 4. The topological polar surface area (TPSA) is 49.8 Å². The average molecular weight is 279 g/mol. The minimum Gasteiger partial charge on any atom is -0.486 e. The van der Waals surface area contributed by atoms with Crippen LogP contribution in [0.25, 0.3) is 0 Å². The molecule has 0 bridgehead atoms. The zero-order valence-electron chi connectivity index (χ0n) is 13.2. The van der Waals surface area contributed by atoms with Gasteiger partial charge in [-0.15, -0.1) is 0 Å². The molecule has 0 saturated heterocycles. The Labute approximate surface area is 121 Å². The number of ether oxygens (including phenoxy) is 1. The number of benzene rings is 1. The summed E-state index contributed by atoms with van der Waals surface area (Å²) in [5.74, 6) is 0.653. The summed E-state index contributed by atoms with van der Waals surface area (Å²) in [4.78, 5) is 10.3. The van der Waals surface area contributed by atoms with Crippen LogP contribution in [0.5, 0.6) is 5.75 Å². The number of aldehydes is 1. The van der Waals surface area contributed by atoms with Crippen LogP contribution in [0.3, 0.4) is 0 Å². The molecule has 0 amide bonds. The van der Waals surface area contributed by atoms with Crippen molar-refractivity contribution in [1.82, 2.24) is 5.06 Å². The Bertz CT molecular complexity index is 481. The molecule has 0 atom stereocenters. The van der Waals surface area contributed by atoms with Crippen LogP contribution in [-0.4, -0.2) is 23.2 Å². The lowest BCUT2D eigenvalue weighted by atomic mass is 9.90. The number of nitrogens with zero attached hydrogens (tertiary/aromatic N) is 1. The number of rotatable bonds is 3. The van der Waals surface area contributed by atoms with Crippen molar-refractivity contribution in [3.05, 3.63) is 29.3 Å². The molecule has 4 heteroatoms. The molecular weight excluding hydrogens is 254 g/mol. The maximum Gasteiger partial charge on any atom is 0.157 e. The van der Waals surface area contributed by atoms with E-state index in [2.05, 4.69) is 0 Å². The summed E-state index contributed by atoms with van der Waals surface area (Å²) >= 11 is 0. The summed E-state index contributed by atoms with van der Waals surface area (Å²) < 4.78 is 5.31. The highest BCUT2D eigenvalue weighted by Crippen LogP contribution is 2.48. The fourth-order valence-electron chi connectivity index (χ4n) is 2.71. The summed E-state index contributed by atoms with van der Waals surface area (Å²) in [7, 11) is 0. The van der Waals surface area contributed by atoms with E-state index < -0.39 is 11.1 Å². The van der Waals surface area contributed by atoms with Crippen LogP contribution in [-0.2, 0) is 15.9 Å². The highest BCUT2D eigenvalue weighted by atomic mass is 16.5. The van der Waals surface area contributed by atoms with Gasteiger partial charge in [-0.1, -0.05) is 19.9 Å². The second-order valence-electron chi connectivity index (χ2n) is 5.61. The largest absolute Gasteiger partial charge is 0.486 e. The Morgan fingerprint density at radius 2 is 1.70 bits per heavy atom. The molecule has 1 aliphatic rings. The van der Waals surface area contributed by atoms with E-state index in [1.165, 1.54) is 5.06 Å². The molecule has 0 aliphatic carbocycles. The van der Waals surface area contributed by atoms with Gasteiger partial charge >= 0.3 is 0 Å². The van der Waals surface area contributed by atoms with Gasteiger partial charge in [0.2, 0.25) is 0 Å². The Balaban J connectivity index is 0.000000956. The van der Waals surface area contributed by atoms with Crippen molar-refractivity contribution in [3.63, 3.8) is 0 Å². The highest BCUT2D eigenvalue weighted by Gasteiger charge is 2.48. The van der Waals surface area contributed by atoms with Crippen molar-refractivity contribution in [2.75, 3.05) is 6.61 Å². The van der Waals surface area contributed by atoms with Crippen LogP contribution in [0.15, 0.2) is 18.2 Å². The molecule has 1 aliphatic heterocycles. The molecule has 0 fully saturated rings. The second kappa shape index (κ2) is 5.94. The number of carbonyl (C=O) groups is 1. The molecule has 0 radical (unpaired) electrons. The first-order chi connectivity index (χ1) is 9.31. The maximum absolute atomic E-state index is 10.3. The molecule has 0 saturated carbocycles. The fourth-order valence-corrected chi connectivity index (χ4v) is 2.71. The van der Waals surface area contributed by atoms with E-state index in [0.717, 1.165) is 17.4 Å². The molecule has 0 unspecified atom stereocenters. The van der Waals surface area contributed by atoms with Gasteiger partial charge in [0.25, 0.3) is 0 Å². The van der Waals surface area contributed by atoms with E-state index in [-0.39, 0.29) is 6.61 Å². The normalized spacial score (nSPS) is 18.8. The lowest BCUT2D eigenvalue weighted by Gasteiger charge is -2.34. The zero-order chi connectivity index (χ0) is 15.6. The minimum absolute atomic E-state index is 0.0471. The van der Waals surface area contributed by atoms with Gasteiger partial charge in [-0.2, -0.15) is 5.06 Å². The summed E-state index contributed by atoms with van der Waals surface area (Å²) in [6.07, 6.45) is 0.723. The van der Waals surface area contributed by atoms with Crippen LogP contribution in [0, 0.1) is 0 Å². The Morgan fingerprint density at radius 1 is 1.15 bits per heavy atom. The van der Waals surface area contributed by atoms with E-state index in [4.69, 9.17) is 4.74 Å². The van der Waals surface area contributed by atoms with E-state index in [1.54, 1.807) is 0 Å². The van der Waals surface area contributed by atoms with Crippen molar-refractivity contribution in [2.24, 2.45) is 0 Å². The lowest BCUT2D eigenvalue weighted by Crippen LogP contribution is -2.42. The van der Waals surface area contributed by atoms with Gasteiger partial charge < -0.3 is 9.94 Å². The van der Waals surface area contributed by atoms with Gasteiger partial charge in [-0.3, -0.25) is 4.79 Å². The quantitative estimate of drug-likeness (QED) is 0.861. The van der Waals surface area contributed by atoms with E-state index in [1.807, 2.05) is 59.7 Å². The van der Waals surface area contributed by atoms with Crippen LogP contribution >= 0.6 is 0 Å². The molecule has 1 heterocycles. The van der Waals surface area contributed by atoms with Gasteiger partial charge in [-0.25, -0.2) is 0 Å². The molecule has 2 rings (SSSR count). The molecular formula is C16H25NO3. The summed E-state index contributed by atoms with van der Waals surface area (Å²) in [6.45, 7) is 11.9. The van der Waals surface area contributed by atoms with Crippen LogP contribution in [0.4, 0.5) is 0 Å². The molecule has 0 spiro atoms. The van der Waals surface area contributed by atoms with Crippen LogP contribution in [0.2, 0.25) is 0 Å². The average Bonchev–Trinajstić information content (AvgIpc) is 2.58. The van der Waals surface area contributed by atoms with Crippen LogP contribution < -0.4 is 4.74 Å². The summed E-state index contributed by atoms with van der Waals surface area (Å²) in [5, 5.41) is 11.7. The van der Waals surface area contributed by atoms with Gasteiger partial charge in [-0.05, 0) is 51.0 Å². The van der Waals surface area contributed by atoms with Gasteiger partial charge in [0.1, 0.15) is 12.4 Å². The predicted octanol–water partition coefficient (Wildman–Crippen LogP) is 3.47. The van der Waals surface area contributed by atoms with Gasteiger partial charge in [0, 0.05) is 0 Å². The van der Waals surface area contributed by atoms with Crippen molar-refractivity contribution in [3.8, 4) is 5.75 Å². The van der Waals surface area contributed by atoms with Crippen LogP contribution in [0.1, 0.15) is 52.7 Å². The van der Waals surface area contributed by atoms with Crippen molar-refractivity contribution in [2.45, 2.75) is 52.6 Å². The maximum atomic E-state index is 10.3. The number of hydrogen-bond donors (Lipinski definition) is 1. The molecule has 0 aromatic heterocycles. The third-order valence-corrected chi connectivity index (χ3v) is 3.69. The number of carbonyl (C=O) groups excluding carboxylic acids is 1. The SMILES string of the molecule is CC.CC1(C)c2ccc(OCC=O)cc2C(C)(C)N1O. The summed E-state index contributed by atoms with van der Waals surface area (Å²) in [5.41, 5.74) is 1.20. The zero-order valence-corrected chi connectivity index (χ0v) is 13.2. The first-order valence-corrected chi connectivity index (χ1v) is 7.02. The van der Waals surface area contributed by atoms with Crippen molar-refractivity contribution >= 4 is 6.29 Å². The Morgan fingerprint density at radius 3 is 2.25 bits per heavy atom. The number of fused-ring (bicyclic) bond motifs is 1. The second-order valence-corrected chi connectivity index (χ2v) is 5.61. The van der Waals surface area contributed by atoms with Gasteiger partial charge in [0.15, 0.2) is 6.29 Å². The predicted molar refractivity (Wildman–Crippen MR) is 79.0 cm³/mol. The highest BCUT2D eigenvalue weighted by molar-refractivity contribution is 5.52. The standard InChI is InChI=1S/C14H19NO3.C2H6/c1-13(2)11-6-5-10(18-8-7-16)9-12(11)14(3,4)15(13)17;1-2/h5-7,9,17H,8H2,1-4H3;1-2H3. The molecule has 1 aromatic rings. The Hall–Kier alpha value is -1.39. The third kappa shape index (κ3) is 2.58. The van der Waals surface area contributed by atoms with Gasteiger partial charge in [0.05, 0.1) is 11.1 Å². The summed E-state index contributed by atoms with van der Waals surface area (Å²) in [6, 6.07) is 5.68. The minimum atomic E-state index is -0.473. The Kier molecular flexibility index (Phi) is 4.95. The lowest BCUT2D eigenvalue weighted by molar-refractivity contribution is -0.216.